The summed E-state index contributed by atoms with van der Waals surface area (Å²) in [6, 6.07) is 5.69. The fraction of sp³-hybridized carbons (Fsp3) is 0.353. The summed E-state index contributed by atoms with van der Waals surface area (Å²) in [6.45, 7) is 7.21. The molecule has 1 aromatic heterocycles. The van der Waals surface area contributed by atoms with Crippen molar-refractivity contribution in [3.05, 3.63) is 46.3 Å². The number of benzene rings is 1. The fourth-order valence-corrected chi connectivity index (χ4v) is 2.34. The molecule has 7 heteroatoms. The maximum absolute atomic E-state index is 12.1. The molecule has 0 unspecified atom stereocenters. The Balaban J connectivity index is 1.86. The van der Waals surface area contributed by atoms with Crippen LogP contribution >= 0.6 is 0 Å². The maximum Gasteiger partial charge on any atom is 0.276 e. The summed E-state index contributed by atoms with van der Waals surface area (Å²) in [7, 11) is 0. The molecule has 0 atom stereocenters. The third-order valence-electron chi connectivity index (χ3n) is 3.38. The molecule has 0 radical (unpaired) electrons. The SMILES string of the molecule is CCc1noc(C)c1C(=O)NNC(=O)COc1cc(C)cc(C)c1. The van der Waals surface area contributed by atoms with Gasteiger partial charge in [0.15, 0.2) is 6.61 Å². The van der Waals surface area contributed by atoms with Crippen molar-refractivity contribution >= 4 is 11.8 Å². The number of hydrazine groups is 1. The summed E-state index contributed by atoms with van der Waals surface area (Å²) in [5.41, 5.74) is 7.64. The molecule has 128 valence electrons. The lowest BCUT2D eigenvalue weighted by atomic mass is 10.1. The Bertz CT molecular complexity index is 732. The van der Waals surface area contributed by atoms with Crippen LogP contribution in [0.1, 0.15) is 39.9 Å². The Morgan fingerprint density at radius 2 is 1.79 bits per heavy atom. The molecule has 0 fully saturated rings. The van der Waals surface area contributed by atoms with Crippen molar-refractivity contribution in [2.45, 2.75) is 34.1 Å². The average molecular weight is 331 g/mol. The average Bonchev–Trinajstić information content (AvgIpc) is 2.90. The van der Waals surface area contributed by atoms with E-state index in [2.05, 4.69) is 16.0 Å². The second kappa shape index (κ2) is 7.63. The van der Waals surface area contributed by atoms with E-state index in [1.807, 2.05) is 39.0 Å². The molecule has 2 N–H and O–H groups in total. The number of ether oxygens (including phenoxy) is 1. The number of carbonyl (C=O) groups is 2. The van der Waals surface area contributed by atoms with E-state index in [4.69, 9.17) is 9.26 Å². The van der Waals surface area contributed by atoms with Crippen molar-refractivity contribution in [2.24, 2.45) is 0 Å². The first-order chi connectivity index (χ1) is 11.4. The molecule has 0 aliphatic heterocycles. The predicted octanol–water partition coefficient (Wildman–Crippen LogP) is 2.00. The zero-order valence-electron chi connectivity index (χ0n) is 14.2. The number of amides is 2. The lowest BCUT2D eigenvalue weighted by molar-refractivity contribution is -0.123. The first-order valence-electron chi connectivity index (χ1n) is 7.66. The summed E-state index contributed by atoms with van der Waals surface area (Å²) < 4.78 is 10.4. The minimum Gasteiger partial charge on any atom is -0.484 e. The second-order valence-electron chi connectivity index (χ2n) is 5.53. The molecule has 2 aromatic rings. The zero-order chi connectivity index (χ0) is 17.7. The lowest BCUT2D eigenvalue weighted by Crippen LogP contribution is -2.44. The number of rotatable bonds is 5. The summed E-state index contributed by atoms with van der Waals surface area (Å²) in [6.07, 6.45) is 0.559. The van der Waals surface area contributed by atoms with E-state index in [0.29, 0.717) is 29.2 Å². The molecule has 0 saturated carbocycles. The van der Waals surface area contributed by atoms with Gasteiger partial charge in [0.2, 0.25) is 0 Å². The van der Waals surface area contributed by atoms with Crippen LogP contribution in [-0.4, -0.2) is 23.6 Å². The van der Waals surface area contributed by atoms with E-state index in [0.717, 1.165) is 11.1 Å². The maximum atomic E-state index is 12.1. The number of aromatic nitrogens is 1. The highest BCUT2D eigenvalue weighted by molar-refractivity contribution is 5.97. The predicted molar refractivity (Wildman–Crippen MR) is 87.6 cm³/mol. The highest BCUT2D eigenvalue weighted by Crippen LogP contribution is 2.16. The summed E-state index contributed by atoms with van der Waals surface area (Å²) in [4.78, 5) is 23.9. The van der Waals surface area contributed by atoms with Crippen LogP contribution in [0, 0.1) is 20.8 Å². The van der Waals surface area contributed by atoms with Gasteiger partial charge in [0.05, 0.1) is 5.69 Å². The van der Waals surface area contributed by atoms with Gasteiger partial charge in [0.25, 0.3) is 11.8 Å². The van der Waals surface area contributed by atoms with Gasteiger partial charge in [-0.3, -0.25) is 20.4 Å². The molecule has 1 heterocycles. The van der Waals surface area contributed by atoms with E-state index in [1.165, 1.54) is 0 Å². The van der Waals surface area contributed by atoms with Gasteiger partial charge >= 0.3 is 0 Å². The second-order valence-corrected chi connectivity index (χ2v) is 5.53. The van der Waals surface area contributed by atoms with Crippen LogP contribution in [0.4, 0.5) is 0 Å². The van der Waals surface area contributed by atoms with Crippen molar-refractivity contribution in [3.8, 4) is 5.75 Å². The summed E-state index contributed by atoms with van der Waals surface area (Å²) in [5.74, 6) is 0.0854. The third kappa shape index (κ3) is 4.34. The topological polar surface area (TPSA) is 93.5 Å². The molecule has 0 aliphatic rings. The first-order valence-corrected chi connectivity index (χ1v) is 7.66. The van der Waals surface area contributed by atoms with Crippen molar-refractivity contribution in [2.75, 3.05) is 6.61 Å². The minimum atomic E-state index is -0.467. The molecule has 0 bridgehead atoms. The van der Waals surface area contributed by atoms with Crippen LogP contribution in [-0.2, 0) is 11.2 Å². The molecule has 2 rings (SSSR count). The van der Waals surface area contributed by atoms with Crippen LogP contribution in [0.25, 0.3) is 0 Å². The fourth-order valence-electron chi connectivity index (χ4n) is 2.34. The summed E-state index contributed by atoms with van der Waals surface area (Å²) in [5, 5.41) is 3.80. The van der Waals surface area contributed by atoms with Crippen molar-refractivity contribution in [1.29, 1.82) is 0 Å². The number of nitrogens with one attached hydrogen (secondary N) is 2. The van der Waals surface area contributed by atoms with Crippen LogP contribution in [0.3, 0.4) is 0 Å². The smallest absolute Gasteiger partial charge is 0.276 e. The third-order valence-corrected chi connectivity index (χ3v) is 3.38. The van der Waals surface area contributed by atoms with Crippen LogP contribution in [0.2, 0.25) is 0 Å². The van der Waals surface area contributed by atoms with Crippen molar-refractivity contribution < 1.29 is 18.8 Å². The molecule has 24 heavy (non-hydrogen) atoms. The highest BCUT2D eigenvalue weighted by Gasteiger charge is 2.19. The number of carbonyl (C=O) groups excluding carboxylic acids is 2. The summed E-state index contributed by atoms with van der Waals surface area (Å²) >= 11 is 0. The minimum absolute atomic E-state index is 0.202. The van der Waals surface area contributed by atoms with Gasteiger partial charge in [-0.15, -0.1) is 0 Å². The zero-order valence-corrected chi connectivity index (χ0v) is 14.2. The van der Waals surface area contributed by atoms with Crippen LogP contribution in [0.5, 0.6) is 5.75 Å². The van der Waals surface area contributed by atoms with Gasteiger partial charge in [-0.1, -0.05) is 18.1 Å². The first kappa shape index (κ1) is 17.5. The number of aryl methyl sites for hydroxylation is 4. The normalized spacial score (nSPS) is 10.3. The lowest BCUT2D eigenvalue weighted by Gasteiger charge is -2.10. The molecule has 7 nitrogen and oxygen atoms in total. The van der Waals surface area contributed by atoms with Crippen molar-refractivity contribution in [1.82, 2.24) is 16.0 Å². The van der Waals surface area contributed by atoms with Gasteiger partial charge < -0.3 is 9.26 Å². The molecular weight excluding hydrogens is 310 g/mol. The number of hydrogen-bond acceptors (Lipinski definition) is 5. The van der Waals surface area contributed by atoms with E-state index in [-0.39, 0.29) is 6.61 Å². The quantitative estimate of drug-likeness (QED) is 0.817. The molecule has 0 aliphatic carbocycles. The standard InChI is InChI=1S/C17H21N3O4/c1-5-14-16(12(4)24-20-14)17(22)19-18-15(21)9-23-13-7-10(2)6-11(3)8-13/h6-8H,5,9H2,1-4H3,(H,18,21)(H,19,22). The van der Waals surface area contributed by atoms with Gasteiger partial charge in [-0.25, -0.2) is 0 Å². The van der Waals surface area contributed by atoms with E-state index in [9.17, 15) is 9.59 Å². The monoisotopic (exact) mass is 331 g/mol. The van der Waals surface area contributed by atoms with Gasteiger partial charge in [-0.05, 0) is 50.5 Å². The van der Waals surface area contributed by atoms with Gasteiger partial charge in [0, 0.05) is 0 Å². The molecular formula is C17H21N3O4. The van der Waals surface area contributed by atoms with Gasteiger partial charge in [-0.2, -0.15) is 0 Å². The molecule has 0 spiro atoms. The Morgan fingerprint density at radius 3 is 2.42 bits per heavy atom. The van der Waals surface area contributed by atoms with E-state index >= 15 is 0 Å². The Kier molecular flexibility index (Phi) is 5.57. The Hall–Kier alpha value is -2.83. The molecule has 0 saturated heterocycles. The molecule has 1 aromatic carbocycles. The van der Waals surface area contributed by atoms with E-state index in [1.54, 1.807) is 6.92 Å². The highest BCUT2D eigenvalue weighted by atomic mass is 16.5. The number of nitrogens with zero attached hydrogens (tertiary/aromatic N) is 1. The van der Waals surface area contributed by atoms with Gasteiger partial charge in [0.1, 0.15) is 17.1 Å². The van der Waals surface area contributed by atoms with Crippen LogP contribution in [0.15, 0.2) is 22.7 Å². The molecule has 2 amide bonds. The number of hydrogen-bond donors (Lipinski definition) is 2. The Labute approximate surface area is 140 Å². The Morgan fingerprint density at radius 1 is 1.12 bits per heavy atom. The largest absolute Gasteiger partial charge is 0.484 e. The van der Waals surface area contributed by atoms with Crippen LogP contribution < -0.4 is 15.6 Å². The van der Waals surface area contributed by atoms with E-state index < -0.39 is 11.8 Å². The van der Waals surface area contributed by atoms with Crippen molar-refractivity contribution in [3.63, 3.8) is 0 Å².